The van der Waals surface area contributed by atoms with Crippen molar-refractivity contribution < 1.29 is 0 Å². The molecule has 0 bridgehead atoms. The summed E-state index contributed by atoms with van der Waals surface area (Å²) < 4.78 is 0. The fourth-order valence-electron chi connectivity index (χ4n) is 1.87. The van der Waals surface area contributed by atoms with Crippen LogP contribution in [0.5, 0.6) is 0 Å². The normalized spacial score (nSPS) is 14.8. The molecule has 2 heterocycles. The molecular formula is C11H16N2. The molecule has 0 aromatic carbocycles. The second-order valence-corrected chi connectivity index (χ2v) is 3.73. The summed E-state index contributed by atoms with van der Waals surface area (Å²) in [6.45, 7) is 3.33. The zero-order chi connectivity index (χ0) is 9.26. The number of aromatic nitrogens is 1. The molecule has 0 amide bonds. The molecule has 70 valence electrons. The van der Waals surface area contributed by atoms with Crippen LogP contribution in [0.25, 0.3) is 0 Å². The molecule has 1 aliphatic rings. The van der Waals surface area contributed by atoms with Crippen molar-refractivity contribution in [1.29, 1.82) is 0 Å². The minimum absolute atomic E-state index is 1.11. The zero-order valence-corrected chi connectivity index (χ0v) is 8.38. The number of likely N-dealkylation sites (N-methyl/N-ethyl adjacent to an activating group) is 1. The number of aryl methyl sites for hydroxylation is 1. The van der Waals surface area contributed by atoms with E-state index in [0.29, 0.717) is 0 Å². The number of fused-ring (bicyclic) bond motifs is 1. The summed E-state index contributed by atoms with van der Waals surface area (Å²) >= 11 is 0. The summed E-state index contributed by atoms with van der Waals surface area (Å²) in [6.07, 6.45) is 5.48. The number of anilines is 1. The van der Waals surface area contributed by atoms with Crippen molar-refractivity contribution in [2.24, 2.45) is 0 Å². The third-order valence-corrected chi connectivity index (χ3v) is 2.64. The topological polar surface area (TPSA) is 16.1 Å². The highest BCUT2D eigenvalue weighted by Gasteiger charge is 2.16. The fraction of sp³-hybridized carbons (Fsp3) is 0.545. The highest BCUT2D eigenvalue weighted by molar-refractivity contribution is 5.55. The predicted molar refractivity (Wildman–Crippen MR) is 55.2 cm³/mol. The molecule has 0 radical (unpaired) electrons. The summed E-state index contributed by atoms with van der Waals surface area (Å²) in [4.78, 5) is 6.78. The van der Waals surface area contributed by atoms with Crippen molar-refractivity contribution in [3.8, 4) is 0 Å². The Hall–Kier alpha value is -1.05. The molecule has 0 atom stereocenters. The van der Waals surface area contributed by atoms with Gasteiger partial charge in [0, 0.05) is 26.2 Å². The summed E-state index contributed by atoms with van der Waals surface area (Å²) in [5.74, 6) is 0. The van der Waals surface area contributed by atoms with Gasteiger partial charge in [-0.15, -0.1) is 0 Å². The van der Waals surface area contributed by atoms with Gasteiger partial charge in [-0.3, -0.25) is 4.98 Å². The lowest BCUT2D eigenvalue weighted by Gasteiger charge is -2.11. The molecule has 0 N–H and O–H groups in total. The maximum Gasteiger partial charge on any atom is 0.0654 e. The number of pyridine rings is 1. The van der Waals surface area contributed by atoms with E-state index in [1.54, 1.807) is 0 Å². The van der Waals surface area contributed by atoms with Crippen LogP contribution in [0.3, 0.4) is 0 Å². The van der Waals surface area contributed by atoms with Crippen molar-refractivity contribution in [2.45, 2.75) is 26.2 Å². The lowest BCUT2D eigenvalue weighted by atomic mass is 10.1. The number of hydrogen-bond donors (Lipinski definition) is 0. The van der Waals surface area contributed by atoms with Crippen LogP contribution >= 0.6 is 0 Å². The second-order valence-electron chi connectivity index (χ2n) is 3.73. The molecule has 2 rings (SSSR count). The third-order valence-electron chi connectivity index (χ3n) is 2.64. The van der Waals surface area contributed by atoms with Crippen molar-refractivity contribution in [3.05, 3.63) is 23.5 Å². The Labute approximate surface area is 79.6 Å². The van der Waals surface area contributed by atoms with Gasteiger partial charge in [-0.25, -0.2) is 0 Å². The number of rotatable bonds is 2. The first kappa shape index (κ1) is 8.54. The highest BCUT2D eigenvalue weighted by Crippen LogP contribution is 2.25. The molecule has 0 aliphatic carbocycles. The van der Waals surface area contributed by atoms with E-state index in [-0.39, 0.29) is 0 Å². The van der Waals surface area contributed by atoms with Gasteiger partial charge in [-0.2, -0.15) is 0 Å². The summed E-state index contributed by atoms with van der Waals surface area (Å²) in [7, 11) is 2.14. The van der Waals surface area contributed by atoms with E-state index in [0.717, 1.165) is 19.4 Å². The van der Waals surface area contributed by atoms with Crippen LogP contribution < -0.4 is 4.90 Å². The van der Waals surface area contributed by atoms with E-state index in [4.69, 9.17) is 0 Å². The Balaban J connectivity index is 2.31. The summed E-state index contributed by atoms with van der Waals surface area (Å²) in [5, 5.41) is 0. The van der Waals surface area contributed by atoms with Crippen molar-refractivity contribution >= 4 is 5.69 Å². The Morgan fingerprint density at radius 3 is 3.15 bits per heavy atom. The van der Waals surface area contributed by atoms with E-state index >= 15 is 0 Å². The maximum absolute atomic E-state index is 4.49. The van der Waals surface area contributed by atoms with Gasteiger partial charge < -0.3 is 4.90 Å². The lowest BCUT2D eigenvalue weighted by Crippen LogP contribution is -2.12. The molecule has 2 heteroatoms. The van der Waals surface area contributed by atoms with Gasteiger partial charge in [0.15, 0.2) is 0 Å². The minimum atomic E-state index is 1.11. The summed E-state index contributed by atoms with van der Waals surface area (Å²) in [5.41, 5.74) is 3.98. The Bertz CT molecular complexity index is 307. The van der Waals surface area contributed by atoms with Crippen molar-refractivity contribution in [3.63, 3.8) is 0 Å². The van der Waals surface area contributed by atoms with Crippen LogP contribution in [0.15, 0.2) is 12.3 Å². The average Bonchev–Trinajstić information content (AvgIpc) is 2.49. The van der Waals surface area contributed by atoms with Crippen LogP contribution in [0.2, 0.25) is 0 Å². The van der Waals surface area contributed by atoms with Gasteiger partial charge in [-0.1, -0.05) is 13.3 Å². The first-order chi connectivity index (χ1) is 6.31. The quantitative estimate of drug-likeness (QED) is 0.685. The SMILES string of the molecule is CCCc1cnc2c(c1)N(C)CC2. The van der Waals surface area contributed by atoms with Crippen molar-refractivity contribution in [2.75, 3.05) is 18.5 Å². The van der Waals surface area contributed by atoms with Gasteiger partial charge >= 0.3 is 0 Å². The third kappa shape index (κ3) is 1.53. The molecule has 0 unspecified atom stereocenters. The smallest absolute Gasteiger partial charge is 0.0654 e. The van der Waals surface area contributed by atoms with Gasteiger partial charge in [0.25, 0.3) is 0 Å². The molecule has 0 spiro atoms. The Kier molecular flexibility index (Phi) is 2.21. The van der Waals surface area contributed by atoms with Crippen LogP contribution in [-0.2, 0) is 12.8 Å². The molecular weight excluding hydrogens is 160 g/mol. The van der Waals surface area contributed by atoms with Gasteiger partial charge in [-0.05, 0) is 18.1 Å². The second kappa shape index (κ2) is 3.36. The largest absolute Gasteiger partial charge is 0.373 e. The molecule has 0 fully saturated rings. The molecule has 2 nitrogen and oxygen atoms in total. The fourth-order valence-corrected chi connectivity index (χ4v) is 1.87. The molecule has 0 saturated heterocycles. The zero-order valence-electron chi connectivity index (χ0n) is 8.38. The first-order valence-electron chi connectivity index (χ1n) is 5.00. The van der Waals surface area contributed by atoms with Gasteiger partial charge in [0.2, 0.25) is 0 Å². The lowest BCUT2D eigenvalue weighted by molar-refractivity contribution is 0.910. The van der Waals surface area contributed by atoms with Crippen LogP contribution in [0.1, 0.15) is 24.6 Å². The van der Waals surface area contributed by atoms with Crippen LogP contribution in [0, 0.1) is 0 Å². The van der Waals surface area contributed by atoms with Crippen LogP contribution in [-0.4, -0.2) is 18.6 Å². The van der Waals surface area contributed by atoms with E-state index < -0.39 is 0 Å². The van der Waals surface area contributed by atoms with E-state index in [2.05, 4.69) is 29.9 Å². The number of hydrogen-bond acceptors (Lipinski definition) is 2. The minimum Gasteiger partial charge on any atom is -0.373 e. The maximum atomic E-state index is 4.49. The van der Waals surface area contributed by atoms with E-state index in [1.807, 2.05) is 6.20 Å². The molecule has 1 aromatic heterocycles. The Morgan fingerprint density at radius 2 is 2.38 bits per heavy atom. The Morgan fingerprint density at radius 1 is 1.54 bits per heavy atom. The highest BCUT2D eigenvalue weighted by atomic mass is 15.1. The molecule has 13 heavy (non-hydrogen) atoms. The molecule has 1 aliphatic heterocycles. The van der Waals surface area contributed by atoms with E-state index in [9.17, 15) is 0 Å². The first-order valence-corrected chi connectivity index (χ1v) is 5.00. The van der Waals surface area contributed by atoms with Crippen LogP contribution in [0.4, 0.5) is 5.69 Å². The van der Waals surface area contributed by atoms with Crippen molar-refractivity contribution in [1.82, 2.24) is 4.98 Å². The number of nitrogens with zero attached hydrogens (tertiary/aromatic N) is 2. The molecule has 1 aromatic rings. The molecule has 0 saturated carbocycles. The summed E-state index contributed by atoms with van der Waals surface area (Å²) in [6, 6.07) is 2.29. The standard InChI is InChI=1S/C11H16N2/c1-3-4-9-7-11-10(12-8-9)5-6-13(11)2/h7-8H,3-6H2,1-2H3. The average molecular weight is 176 g/mol. The van der Waals surface area contributed by atoms with E-state index in [1.165, 1.54) is 23.4 Å². The predicted octanol–water partition coefficient (Wildman–Crippen LogP) is 2.03. The van der Waals surface area contributed by atoms with Gasteiger partial charge in [0.05, 0.1) is 11.4 Å². The van der Waals surface area contributed by atoms with Gasteiger partial charge in [0.1, 0.15) is 0 Å². The monoisotopic (exact) mass is 176 g/mol.